The largest absolute Gasteiger partial charge is 0.418 e. The predicted octanol–water partition coefficient (Wildman–Crippen LogP) is 4.65. The third-order valence-corrected chi connectivity index (χ3v) is 3.63. The summed E-state index contributed by atoms with van der Waals surface area (Å²) in [6.45, 7) is 0. The molecule has 0 saturated carbocycles. The summed E-state index contributed by atoms with van der Waals surface area (Å²) in [7, 11) is 0. The molecule has 0 spiro atoms. The molecule has 0 aliphatic rings. The van der Waals surface area contributed by atoms with Gasteiger partial charge in [-0.3, -0.25) is 0 Å². The van der Waals surface area contributed by atoms with Gasteiger partial charge in [-0.25, -0.2) is 0 Å². The van der Waals surface area contributed by atoms with Crippen molar-refractivity contribution in [3.63, 3.8) is 0 Å². The third-order valence-electron chi connectivity index (χ3n) is 3.08. The lowest BCUT2D eigenvalue weighted by molar-refractivity contribution is -0.137. The molecule has 1 aromatic heterocycles. The minimum Gasteiger partial charge on any atom is -0.192 e. The van der Waals surface area contributed by atoms with Crippen LogP contribution in [0.5, 0.6) is 0 Å². The zero-order valence-electron chi connectivity index (χ0n) is 11.2. The Balaban J connectivity index is 2.20. The molecule has 4 nitrogen and oxygen atoms in total. The average molecular weight is 359 g/mol. The van der Waals surface area contributed by atoms with Crippen LogP contribution in [-0.4, -0.2) is 20.2 Å². The fraction of sp³-hybridized carbons (Fsp3) is 0.0714. The molecule has 0 radical (unpaired) electrons. The van der Waals surface area contributed by atoms with Crippen LogP contribution in [0.3, 0.4) is 0 Å². The van der Waals surface area contributed by atoms with Crippen LogP contribution in [-0.2, 0) is 6.18 Å². The standard InChI is InChI=1S/C14H7Cl2F3N4/c15-8-5-6-9(11(16)7-8)13-20-21-22-23(13)12-4-2-1-3-10(12)14(17,18)19/h1-7H. The molecule has 0 unspecified atom stereocenters. The topological polar surface area (TPSA) is 43.6 Å². The van der Waals surface area contributed by atoms with Gasteiger partial charge in [-0.1, -0.05) is 35.3 Å². The maximum Gasteiger partial charge on any atom is 0.418 e. The molecule has 0 amide bonds. The Bertz CT molecular complexity index is 861. The summed E-state index contributed by atoms with van der Waals surface area (Å²) in [5.41, 5.74) is -0.664. The summed E-state index contributed by atoms with van der Waals surface area (Å²) < 4.78 is 40.5. The Morgan fingerprint density at radius 3 is 2.43 bits per heavy atom. The van der Waals surface area contributed by atoms with Crippen LogP contribution in [0.2, 0.25) is 10.0 Å². The third kappa shape index (κ3) is 3.02. The Kier molecular flexibility index (Phi) is 3.99. The van der Waals surface area contributed by atoms with Crippen LogP contribution >= 0.6 is 23.2 Å². The van der Waals surface area contributed by atoms with Crippen molar-refractivity contribution in [3.8, 4) is 17.1 Å². The quantitative estimate of drug-likeness (QED) is 0.669. The number of halogens is 5. The highest BCUT2D eigenvalue weighted by Crippen LogP contribution is 2.35. The molecule has 0 aliphatic carbocycles. The summed E-state index contributed by atoms with van der Waals surface area (Å²) in [4.78, 5) is 0. The van der Waals surface area contributed by atoms with E-state index < -0.39 is 11.7 Å². The molecule has 9 heteroatoms. The molecule has 0 bridgehead atoms. The van der Waals surface area contributed by atoms with Crippen molar-refractivity contribution in [2.45, 2.75) is 6.18 Å². The van der Waals surface area contributed by atoms with Crippen molar-refractivity contribution < 1.29 is 13.2 Å². The maximum atomic E-state index is 13.2. The first-order chi connectivity index (χ1) is 10.9. The minimum atomic E-state index is -4.54. The number of hydrogen-bond acceptors (Lipinski definition) is 3. The SMILES string of the molecule is FC(F)(F)c1ccccc1-n1nnnc1-c1ccc(Cl)cc1Cl. The van der Waals surface area contributed by atoms with Crippen molar-refractivity contribution in [1.82, 2.24) is 20.2 Å². The fourth-order valence-corrected chi connectivity index (χ4v) is 2.58. The van der Waals surface area contributed by atoms with Crippen molar-refractivity contribution in [1.29, 1.82) is 0 Å². The lowest BCUT2D eigenvalue weighted by Crippen LogP contribution is -2.12. The Morgan fingerprint density at radius 2 is 1.74 bits per heavy atom. The highest BCUT2D eigenvalue weighted by atomic mass is 35.5. The number of alkyl halides is 3. The molecule has 2 aromatic carbocycles. The van der Waals surface area contributed by atoms with Crippen LogP contribution < -0.4 is 0 Å². The van der Waals surface area contributed by atoms with Gasteiger partial charge in [0.15, 0.2) is 5.82 Å². The van der Waals surface area contributed by atoms with Gasteiger partial charge in [0.05, 0.1) is 16.3 Å². The van der Waals surface area contributed by atoms with E-state index in [0.717, 1.165) is 10.7 Å². The van der Waals surface area contributed by atoms with Crippen LogP contribution in [0.15, 0.2) is 42.5 Å². The fourth-order valence-electron chi connectivity index (χ4n) is 2.09. The summed E-state index contributed by atoms with van der Waals surface area (Å²) >= 11 is 11.9. The number of aromatic nitrogens is 4. The molecule has 0 N–H and O–H groups in total. The zero-order chi connectivity index (χ0) is 16.6. The molecule has 23 heavy (non-hydrogen) atoms. The van der Waals surface area contributed by atoms with Crippen molar-refractivity contribution in [2.24, 2.45) is 0 Å². The summed E-state index contributed by atoms with van der Waals surface area (Å²) in [5.74, 6) is 0.0865. The monoisotopic (exact) mass is 358 g/mol. The van der Waals surface area contributed by atoms with E-state index in [0.29, 0.717) is 10.6 Å². The highest BCUT2D eigenvalue weighted by molar-refractivity contribution is 6.36. The number of tetrazole rings is 1. The van der Waals surface area contributed by atoms with E-state index in [1.807, 2.05) is 0 Å². The molecule has 3 rings (SSSR count). The normalized spacial score (nSPS) is 11.7. The van der Waals surface area contributed by atoms with Gasteiger partial charge in [0.2, 0.25) is 0 Å². The van der Waals surface area contributed by atoms with Gasteiger partial charge in [0.25, 0.3) is 0 Å². The minimum absolute atomic E-state index is 0.0865. The second-order valence-corrected chi connectivity index (χ2v) is 5.40. The van der Waals surface area contributed by atoms with E-state index in [4.69, 9.17) is 23.2 Å². The molecular weight excluding hydrogens is 352 g/mol. The lowest BCUT2D eigenvalue weighted by Gasteiger charge is -2.13. The number of benzene rings is 2. The van der Waals surface area contributed by atoms with Gasteiger partial charge < -0.3 is 0 Å². The molecule has 1 heterocycles. The van der Waals surface area contributed by atoms with Crippen LogP contribution in [0.25, 0.3) is 17.1 Å². The summed E-state index contributed by atoms with van der Waals surface area (Å²) in [5, 5.41) is 11.5. The van der Waals surface area contributed by atoms with Gasteiger partial charge in [0.1, 0.15) is 0 Å². The van der Waals surface area contributed by atoms with Crippen molar-refractivity contribution in [2.75, 3.05) is 0 Å². The van der Waals surface area contributed by atoms with Crippen molar-refractivity contribution >= 4 is 23.2 Å². The van der Waals surface area contributed by atoms with E-state index in [9.17, 15) is 13.2 Å². The first-order valence-electron chi connectivity index (χ1n) is 6.28. The second kappa shape index (κ2) is 5.82. The maximum absolute atomic E-state index is 13.2. The van der Waals surface area contributed by atoms with Crippen LogP contribution in [0.1, 0.15) is 5.56 Å². The number of rotatable bonds is 2. The van der Waals surface area contributed by atoms with E-state index >= 15 is 0 Å². The molecule has 0 fully saturated rings. The molecule has 0 atom stereocenters. The number of nitrogens with zero attached hydrogens (tertiary/aromatic N) is 4. The average Bonchev–Trinajstić information content (AvgIpc) is 2.95. The second-order valence-electron chi connectivity index (χ2n) is 4.55. The molecule has 118 valence electrons. The first-order valence-corrected chi connectivity index (χ1v) is 7.04. The summed E-state index contributed by atoms with van der Waals surface area (Å²) in [6, 6.07) is 9.58. The van der Waals surface area contributed by atoms with Gasteiger partial charge in [-0.05, 0) is 40.8 Å². The Morgan fingerprint density at radius 1 is 1.00 bits per heavy atom. The van der Waals surface area contributed by atoms with Crippen LogP contribution in [0.4, 0.5) is 13.2 Å². The van der Waals surface area contributed by atoms with Gasteiger partial charge in [-0.2, -0.15) is 17.9 Å². The lowest BCUT2D eigenvalue weighted by atomic mass is 10.1. The van der Waals surface area contributed by atoms with Crippen molar-refractivity contribution in [3.05, 3.63) is 58.1 Å². The summed E-state index contributed by atoms with van der Waals surface area (Å²) in [6.07, 6.45) is -4.54. The van der Waals surface area contributed by atoms with Gasteiger partial charge >= 0.3 is 6.18 Å². The van der Waals surface area contributed by atoms with E-state index in [-0.39, 0.29) is 16.5 Å². The number of para-hydroxylation sites is 1. The molecule has 3 aromatic rings. The highest BCUT2D eigenvalue weighted by Gasteiger charge is 2.34. The molecule has 0 saturated heterocycles. The molecule has 0 aliphatic heterocycles. The Labute approximate surface area is 138 Å². The van der Waals surface area contributed by atoms with Gasteiger partial charge in [0, 0.05) is 10.6 Å². The molecular formula is C14H7Cl2F3N4. The van der Waals surface area contributed by atoms with Crippen LogP contribution in [0, 0.1) is 0 Å². The number of hydrogen-bond donors (Lipinski definition) is 0. The van der Waals surface area contributed by atoms with E-state index in [1.165, 1.54) is 24.3 Å². The smallest absolute Gasteiger partial charge is 0.192 e. The van der Waals surface area contributed by atoms with E-state index in [1.54, 1.807) is 12.1 Å². The zero-order valence-corrected chi connectivity index (χ0v) is 12.7. The van der Waals surface area contributed by atoms with E-state index in [2.05, 4.69) is 15.5 Å². The van der Waals surface area contributed by atoms with Gasteiger partial charge in [-0.15, -0.1) is 5.10 Å². The Hall–Kier alpha value is -2.12. The first kappa shape index (κ1) is 15.8. The predicted molar refractivity (Wildman–Crippen MR) is 79.6 cm³/mol.